The molecule has 1 heterocycles. The molecule has 0 bridgehead atoms. The second-order valence-electron chi connectivity index (χ2n) is 7.42. The van der Waals surface area contributed by atoms with Crippen molar-refractivity contribution in [2.24, 2.45) is 11.1 Å². The Morgan fingerprint density at radius 2 is 1.86 bits per heavy atom. The van der Waals surface area contributed by atoms with Gasteiger partial charge >= 0.3 is 0 Å². The summed E-state index contributed by atoms with van der Waals surface area (Å²) in [6, 6.07) is 15.5. The second kappa shape index (κ2) is 9.45. The van der Waals surface area contributed by atoms with E-state index in [1.807, 2.05) is 67.3 Å². The molecular formula is C23H28N2O4. The van der Waals surface area contributed by atoms with Crippen LogP contribution in [-0.2, 0) is 16.2 Å². The number of carbonyl (C=O) groups excluding carboxylic acids is 1. The van der Waals surface area contributed by atoms with Crippen molar-refractivity contribution < 1.29 is 19.1 Å². The average molecular weight is 396 g/mol. The van der Waals surface area contributed by atoms with Crippen LogP contribution in [-0.4, -0.2) is 43.4 Å². The normalized spacial score (nSPS) is 15.6. The smallest absolute Gasteiger partial charge is 0.225 e. The summed E-state index contributed by atoms with van der Waals surface area (Å²) in [4.78, 5) is 20.3. The van der Waals surface area contributed by atoms with Crippen LogP contribution in [0.5, 0.6) is 11.5 Å². The topological polar surface area (TPSA) is 60.4 Å². The minimum atomic E-state index is -0.166. The second-order valence-corrected chi connectivity index (χ2v) is 7.42. The fraction of sp³-hybridized carbons (Fsp3) is 0.391. The summed E-state index contributed by atoms with van der Waals surface area (Å²) in [5.74, 6) is 1.58. The van der Waals surface area contributed by atoms with Crippen LogP contribution < -0.4 is 9.47 Å². The maximum absolute atomic E-state index is 12.8. The molecule has 0 aromatic heterocycles. The summed E-state index contributed by atoms with van der Waals surface area (Å²) in [6.45, 7) is 4.81. The monoisotopic (exact) mass is 396 g/mol. The van der Waals surface area contributed by atoms with Crippen LogP contribution in [0.2, 0.25) is 0 Å². The number of methoxy groups -OCH3 is 2. The highest BCUT2D eigenvalue weighted by Crippen LogP contribution is 2.22. The predicted octanol–water partition coefficient (Wildman–Crippen LogP) is 3.88. The predicted molar refractivity (Wildman–Crippen MR) is 112 cm³/mol. The number of carbonyl (C=O) groups is 1. The van der Waals surface area contributed by atoms with E-state index in [1.54, 1.807) is 14.2 Å². The Morgan fingerprint density at radius 1 is 1.14 bits per heavy atom. The standard InChI is InChI=1S/C23H28N2O4/c1-16(2)23(26)25(14-17-6-5-7-20(12-17)28-4)15-21-13-22(24-29-21)18-8-10-19(27-3)11-9-18/h5-12,16,21H,13-15H2,1-4H3/t21-/m0/s1. The molecule has 0 saturated carbocycles. The van der Waals surface area contributed by atoms with Gasteiger partial charge in [0, 0.05) is 18.9 Å². The third kappa shape index (κ3) is 5.28. The van der Waals surface area contributed by atoms with Crippen LogP contribution in [0.15, 0.2) is 53.7 Å². The molecule has 0 spiro atoms. The van der Waals surface area contributed by atoms with E-state index in [9.17, 15) is 4.79 Å². The molecule has 1 aliphatic heterocycles. The van der Waals surface area contributed by atoms with Gasteiger partial charge in [0.05, 0.1) is 26.5 Å². The molecule has 1 aliphatic rings. The molecule has 0 fully saturated rings. The van der Waals surface area contributed by atoms with E-state index >= 15 is 0 Å². The summed E-state index contributed by atoms with van der Waals surface area (Å²) in [6.07, 6.45) is 0.493. The van der Waals surface area contributed by atoms with E-state index in [4.69, 9.17) is 14.3 Å². The summed E-state index contributed by atoms with van der Waals surface area (Å²) in [5.41, 5.74) is 2.91. The van der Waals surface area contributed by atoms with Crippen molar-refractivity contribution in [1.82, 2.24) is 4.90 Å². The molecule has 2 aromatic rings. The number of hydrogen-bond acceptors (Lipinski definition) is 5. The van der Waals surface area contributed by atoms with Gasteiger partial charge in [-0.1, -0.05) is 31.1 Å². The molecule has 1 atom stereocenters. The fourth-order valence-electron chi connectivity index (χ4n) is 3.31. The van der Waals surface area contributed by atoms with Gasteiger partial charge in [-0.3, -0.25) is 4.79 Å². The quantitative estimate of drug-likeness (QED) is 0.679. The van der Waals surface area contributed by atoms with E-state index in [-0.39, 0.29) is 17.9 Å². The van der Waals surface area contributed by atoms with E-state index in [0.29, 0.717) is 19.5 Å². The first kappa shape index (κ1) is 20.7. The minimum Gasteiger partial charge on any atom is -0.497 e. The van der Waals surface area contributed by atoms with Crippen LogP contribution in [0.3, 0.4) is 0 Å². The third-order valence-electron chi connectivity index (χ3n) is 4.89. The molecule has 3 rings (SSSR count). The molecule has 154 valence electrons. The Labute approximate surface area is 172 Å². The van der Waals surface area contributed by atoms with Crippen molar-refractivity contribution in [2.45, 2.75) is 32.9 Å². The number of nitrogens with zero attached hydrogens (tertiary/aromatic N) is 2. The van der Waals surface area contributed by atoms with E-state index in [1.165, 1.54) is 0 Å². The molecule has 1 amide bonds. The van der Waals surface area contributed by atoms with Gasteiger partial charge in [-0.05, 0) is 47.5 Å². The fourth-order valence-corrected chi connectivity index (χ4v) is 3.31. The lowest BCUT2D eigenvalue weighted by molar-refractivity contribution is -0.136. The van der Waals surface area contributed by atoms with Crippen LogP contribution in [0, 0.1) is 5.92 Å². The van der Waals surface area contributed by atoms with Crippen molar-refractivity contribution in [2.75, 3.05) is 20.8 Å². The van der Waals surface area contributed by atoms with Crippen LogP contribution in [0.25, 0.3) is 0 Å². The SMILES string of the molecule is COc1ccc(C2=NO[C@H](CN(Cc3cccc(OC)c3)C(=O)C(C)C)C2)cc1. The van der Waals surface area contributed by atoms with Crippen LogP contribution in [0.4, 0.5) is 0 Å². The number of benzene rings is 2. The molecule has 2 aromatic carbocycles. The van der Waals surface area contributed by atoms with Gasteiger partial charge < -0.3 is 19.2 Å². The van der Waals surface area contributed by atoms with Gasteiger partial charge in [-0.15, -0.1) is 0 Å². The molecule has 6 nitrogen and oxygen atoms in total. The highest BCUT2D eigenvalue weighted by atomic mass is 16.6. The Bertz CT molecular complexity index is 861. The van der Waals surface area contributed by atoms with Crippen molar-refractivity contribution in [3.05, 3.63) is 59.7 Å². The Balaban J connectivity index is 1.67. The van der Waals surface area contributed by atoms with Crippen molar-refractivity contribution in [3.63, 3.8) is 0 Å². The van der Waals surface area contributed by atoms with Gasteiger partial charge in [0.25, 0.3) is 0 Å². The average Bonchev–Trinajstić information content (AvgIpc) is 3.21. The summed E-state index contributed by atoms with van der Waals surface area (Å²) >= 11 is 0. The number of ether oxygens (including phenoxy) is 2. The van der Waals surface area contributed by atoms with E-state index < -0.39 is 0 Å². The highest BCUT2D eigenvalue weighted by molar-refractivity contribution is 6.01. The first-order valence-electron chi connectivity index (χ1n) is 9.79. The Hall–Kier alpha value is -3.02. The number of hydrogen-bond donors (Lipinski definition) is 0. The van der Waals surface area contributed by atoms with Crippen LogP contribution >= 0.6 is 0 Å². The molecule has 29 heavy (non-hydrogen) atoms. The van der Waals surface area contributed by atoms with Gasteiger partial charge in [0.1, 0.15) is 11.5 Å². The van der Waals surface area contributed by atoms with E-state index in [2.05, 4.69) is 5.16 Å². The van der Waals surface area contributed by atoms with Gasteiger partial charge in [-0.2, -0.15) is 0 Å². The lowest BCUT2D eigenvalue weighted by atomic mass is 10.0. The molecule has 6 heteroatoms. The number of oxime groups is 1. The zero-order valence-electron chi connectivity index (χ0n) is 17.4. The van der Waals surface area contributed by atoms with Crippen molar-refractivity contribution >= 4 is 11.6 Å². The number of amides is 1. The lowest BCUT2D eigenvalue weighted by Crippen LogP contribution is -2.39. The molecule has 0 saturated heterocycles. The summed E-state index contributed by atoms with van der Waals surface area (Å²) in [5, 5.41) is 4.25. The third-order valence-corrected chi connectivity index (χ3v) is 4.89. The van der Waals surface area contributed by atoms with Gasteiger partial charge in [0.2, 0.25) is 5.91 Å². The summed E-state index contributed by atoms with van der Waals surface area (Å²) in [7, 11) is 3.28. The maximum Gasteiger partial charge on any atom is 0.225 e. The van der Waals surface area contributed by atoms with Crippen molar-refractivity contribution in [1.29, 1.82) is 0 Å². The lowest BCUT2D eigenvalue weighted by Gasteiger charge is -2.26. The molecule has 0 unspecified atom stereocenters. The first-order chi connectivity index (χ1) is 14.0. The molecular weight excluding hydrogens is 368 g/mol. The van der Waals surface area contributed by atoms with Crippen LogP contribution in [0.1, 0.15) is 31.4 Å². The van der Waals surface area contributed by atoms with Gasteiger partial charge in [0.15, 0.2) is 6.10 Å². The molecule has 0 radical (unpaired) electrons. The van der Waals surface area contributed by atoms with E-state index in [0.717, 1.165) is 28.3 Å². The Kier molecular flexibility index (Phi) is 6.75. The number of rotatable bonds is 8. The van der Waals surface area contributed by atoms with Gasteiger partial charge in [-0.25, -0.2) is 0 Å². The minimum absolute atomic E-state index is 0.0920. The zero-order chi connectivity index (χ0) is 20.8. The molecule has 0 N–H and O–H groups in total. The summed E-state index contributed by atoms with van der Waals surface area (Å²) < 4.78 is 10.5. The first-order valence-corrected chi connectivity index (χ1v) is 9.79. The Morgan fingerprint density at radius 3 is 2.52 bits per heavy atom. The highest BCUT2D eigenvalue weighted by Gasteiger charge is 2.28. The zero-order valence-corrected chi connectivity index (χ0v) is 17.4. The largest absolute Gasteiger partial charge is 0.497 e. The van der Waals surface area contributed by atoms with Crippen molar-refractivity contribution in [3.8, 4) is 11.5 Å². The molecule has 0 aliphatic carbocycles. The maximum atomic E-state index is 12.8.